The molecule has 4 heteroatoms. The number of aliphatic hydroxyl groups excluding tert-OH is 2. The molecule has 0 aliphatic heterocycles. The smallest absolute Gasteiger partial charge is 0.220 e. The number of amides is 1. The topological polar surface area (TPSA) is 69.6 Å². The fourth-order valence-electron chi connectivity index (χ4n) is 7.56. The molecule has 4 nitrogen and oxygen atoms in total. The summed E-state index contributed by atoms with van der Waals surface area (Å²) < 4.78 is 0. The maximum absolute atomic E-state index is 12.4. The van der Waals surface area contributed by atoms with Crippen LogP contribution in [0.25, 0.3) is 0 Å². The Bertz CT molecular complexity index is 836. The zero-order chi connectivity index (χ0) is 40.0. The zero-order valence-electron chi connectivity index (χ0n) is 37.2. The van der Waals surface area contributed by atoms with E-state index in [0.29, 0.717) is 6.42 Å². The van der Waals surface area contributed by atoms with Gasteiger partial charge in [0, 0.05) is 6.42 Å². The van der Waals surface area contributed by atoms with Gasteiger partial charge in [-0.2, -0.15) is 0 Å². The Kier molecular flexibility index (Phi) is 45.8. The van der Waals surface area contributed by atoms with Gasteiger partial charge in [0.05, 0.1) is 18.8 Å². The Balaban J connectivity index is 3.56. The molecule has 324 valence electrons. The first-order valence-electron chi connectivity index (χ1n) is 24.7. The molecule has 0 heterocycles. The lowest BCUT2D eigenvalue weighted by molar-refractivity contribution is -0.123. The van der Waals surface area contributed by atoms with Crippen molar-refractivity contribution in [2.24, 2.45) is 0 Å². The molecule has 0 bridgehead atoms. The van der Waals surface area contributed by atoms with Crippen LogP contribution in [0.1, 0.15) is 264 Å². The maximum atomic E-state index is 12.4. The van der Waals surface area contributed by atoms with Gasteiger partial charge >= 0.3 is 0 Å². The third-order valence-corrected chi connectivity index (χ3v) is 11.4. The lowest BCUT2D eigenvalue weighted by atomic mass is 10.0. The van der Waals surface area contributed by atoms with E-state index in [0.717, 1.165) is 38.5 Å². The minimum atomic E-state index is -0.868. The molecule has 0 saturated carbocycles. The van der Waals surface area contributed by atoms with Gasteiger partial charge in [0.25, 0.3) is 0 Å². The number of carbonyl (C=O) groups excluding carboxylic acids is 1. The van der Waals surface area contributed by atoms with Gasteiger partial charge in [-0.05, 0) is 44.9 Å². The van der Waals surface area contributed by atoms with E-state index >= 15 is 0 Å². The Morgan fingerprint density at radius 2 is 0.709 bits per heavy atom. The first kappa shape index (κ1) is 53.6. The number of unbranched alkanes of at least 4 members (excludes halogenated alkanes) is 34. The van der Waals surface area contributed by atoms with Crippen molar-refractivity contribution in [1.29, 1.82) is 0 Å². The van der Waals surface area contributed by atoms with E-state index in [-0.39, 0.29) is 12.5 Å². The third kappa shape index (κ3) is 43.6. The first-order chi connectivity index (χ1) is 27.2. The van der Waals surface area contributed by atoms with Crippen LogP contribution in [0.4, 0.5) is 0 Å². The Hall–Kier alpha value is -1.39. The van der Waals surface area contributed by atoms with E-state index in [2.05, 4.69) is 43.5 Å². The summed E-state index contributed by atoms with van der Waals surface area (Å²) in [5.41, 5.74) is 0. The largest absolute Gasteiger partial charge is 0.394 e. The second kappa shape index (κ2) is 47.0. The summed E-state index contributed by atoms with van der Waals surface area (Å²) in [5.74, 6) is -0.0736. The average molecular weight is 772 g/mol. The molecule has 0 aliphatic rings. The fraction of sp³-hybridized carbons (Fsp3) is 0.863. The minimum absolute atomic E-state index is 0.0736. The van der Waals surface area contributed by atoms with Crippen LogP contribution in [-0.4, -0.2) is 34.9 Å². The van der Waals surface area contributed by atoms with E-state index < -0.39 is 12.1 Å². The molecule has 0 radical (unpaired) electrons. The van der Waals surface area contributed by atoms with Crippen molar-refractivity contribution >= 4 is 5.91 Å². The standard InChI is InChI=1S/C51H97NO3/c1-3-5-7-9-11-13-15-17-19-21-23-25-26-27-29-31-33-35-37-39-41-43-45-47-51(55)52-49(48-53)50(54)46-44-42-40-38-36-34-32-30-28-24-22-20-18-16-14-12-10-8-6-4-2/h28,30,36,38,44,46,49-50,53-54H,3-27,29,31-35,37,39-43,45,47-48H2,1-2H3,(H,52,55)/b30-28+,38-36+,46-44+. The van der Waals surface area contributed by atoms with Crippen molar-refractivity contribution in [3.8, 4) is 0 Å². The number of hydrogen-bond donors (Lipinski definition) is 3. The molecular weight excluding hydrogens is 675 g/mol. The van der Waals surface area contributed by atoms with Crippen molar-refractivity contribution in [2.75, 3.05) is 6.61 Å². The second-order valence-electron chi connectivity index (χ2n) is 16.9. The van der Waals surface area contributed by atoms with Gasteiger partial charge in [0.2, 0.25) is 5.91 Å². The van der Waals surface area contributed by atoms with Crippen molar-refractivity contribution in [1.82, 2.24) is 5.32 Å². The SMILES string of the molecule is CCCCCCCCCCCC/C=C/CC/C=C/CC/C=C/C(O)C(CO)NC(=O)CCCCCCCCCCCCCCCCCCCCCCCCC. The first-order valence-corrected chi connectivity index (χ1v) is 24.7. The summed E-state index contributed by atoms with van der Waals surface area (Å²) in [5, 5.41) is 23.1. The van der Waals surface area contributed by atoms with Gasteiger partial charge in [0.1, 0.15) is 0 Å². The summed E-state index contributed by atoms with van der Waals surface area (Å²) in [4.78, 5) is 12.4. The molecule has 2 atom stereocenters. The second-order valence-corrected chi connectivity index (χ2v) is 16.9. The van der Waals surface area contributed by atoms with Gasteiger partial charge in [-0.15, -0.1) is 0 Å². The summed E-state index contributed by atoms with van der Waals surface area (Å²) in [6.07, 6.45) is 62.8. The van der Waals surface area contributed by atoms with Crippen molar-refractivity contribution in [3.63, 3.8) is 0 Å². The molecule has 3 N–H and O–H groups in total. The molecule has 0 aromatic carbocycles. The van der Waals surface area contributed by atoms with Crippen LogP contribution < -0.4 is 5.32 Å². The highest BCUT2D eigenvalue weighted by Gasteiger charge is 2.17. The third-order valence-electron chi connectivity index (χ3n) is 11.4. The highest BCUT2D eigenvalue weighted by atomic mass is 16.3. The lowest BCUT2D eigenvalue weighted by Crippen LogP contribution is -2.45. The molecule has 0 spiro atoms. The quantitative estimate of drug-likeness (QED) is 0.0426. The van der Waals surface area contributed by atoms with Crippen LogP contribution in [0.2, 0.25) is 0 Å². The van der Waals surface area contributed by atoms with Crippen molar-refractivity contribution in [3.05, 3.63) is 36.5 Å². The molecule has 2 unspecified atom stereocenters. The van der Waals surface area contributed by atoms with Crippen LogP contribution in [0.15, 0.2) is 36.5 Å². The molecule has 0 rings (SSSR count). The number of carbonyl (C=O) groups is 1. The maximum Gasteiger partial charge on any atom is 0.220 e. The Labute approximate surface area is 344 Å². The van der Waals surface area contributed by atoms with E-state index in [4.69, 9.17) is 0 Å². The number of nitrogens with one attached hydrogen (secondary N) is 1. The molecule has 0 fully saturated rings. The summed E-state index contributed by atoms with van der Waals surface area (Å²) in [7, 11) is 0. The van der Waals surface area contributed by atoms with Gasteiger partial charge in [-0.3, -0.25) is 4.79 Å². The molecular formula is C51H97NO3. The number of rotatable bonds is 45. The molecule has 0 aromatic heterocycles. The van der Waals surface area contributed by atoms with Crippen molar-refractivity contribution in [2.45, 2.75) is 276 Å². The molecule has 0 aliphatic carbocycles. The summed E-state index contributed by atoms with van der Waals surface area (Å²) in [6.45, 7) is 4.31. The van der Waals surface area contributed by atoms with E-state index in [1.54, 1.807) is 6.08 Å². The number of allylic oxidation sites excluding steroid dienone is 5. The summed E-state index contributed by atoms with van der Waals surface area (Å²) in [6, 6.07) is -0.643. The average Bonchev–Trinajstić information content (AvgIpc) is 3.19. The van der Waals surface area contributed by atoms with E-state index in [1.165, 1.54) is 205 Å². The Morgan fingerprint density at radius 1 is 0.418 bits per heavy atom. The molecule has 0 saturated heterocycles. The monoisotopic (exact) mass is 772 g/mol. The van der Waals surface area contributed by atoms with Crippen molar-refractivity contribution < 1.29 is 15.0 Å². The predicted molar refractivity (Wildman–Crippen MR) is 244 cm³/mol. The predicted octanol–water partition coefficient (Wildman–Crippen LogP) is 15.7. The zero-order valence-corrected chi connectivity index (χ0v) is 37.2. The fourth-order valence-corrected chi connectivity index (χ4v) is 7.56. The number of aliphatic hydroxyl groups is 2. The highest BCUT2D eigenvalue weighted by Crippen LogP contribution is 2.16. The van der Waals surface area contributed by atoms with Gasteiger partial charge in [-0.25, -0.2) is 0 Å². The number of hydrogen-bond acceptors (Lipinski definition) is 3. The Morgan fingerprint density at radius 3 is 1.05 bits per heavy atom. The van der Waals surface area contributed by atoms with Crippen LogP contribution >= 0.6 is 0 Å². The molecule has 55 heavy (non-hydrogen) atoms. The van der Waals surface area contributed by atoms with E-state index in [9.17, 15) is 15.0 Å². The van der Waals surface area contributed by atoms with Crippen LogP contribution in [-0.2, 0) is 4.79 Å². The molecule has 1 amide bonds. The van der Waals surface area contributed by atoms with Crippen LogP contribution in [0.5, 0.6) is 0 Å². The van der Waals surface area contributed by atoms with Crippen LogP contribution in [0, 0.1) is 0 Å². The van der Waals surface area contributed by atoms with E-state index in [1.807, 2.05) is 6.08 Å². The minimum Gasteiger partial charge on any atom is -0.394 e. The van der Waals surface area contributed by atoms with Gasteiger partial charge in [0.15, 0.2) is 0 Å². The summed E-state index contributed by atoms with van der Waals surface area (Å²) >= 11 is 0. The normalized spacial score (nSPS) is 13.2. The highest BCUT2D eigenvalue weighted by molar-refractivity contribution is 5.76. The lowest BCUT2D eigenvalue weighted by Gasteiger charge is -2.19. The van der Waals surface area contributed by atoms with Gasteiger partial charge in [-0.1, -0.05) is 249 Å². The van der Waals surface area contributed by atoms with Crippen LogP contribution in [0.3, 0.4) is 0 Å². The van der Waals surface area contributed by atoms with Gasteiger partial charge < -0.3 is 15.5 Å². The molecule has 0 aromatic rings.